The topological polar surface area (TPSA) is 76.2 Å². The number of allylic oxidation sites excluding steroid dienone is 2. The number of benzene rings is 1. The molecule has 6 rings (SSSR count). The Balaban J connectivity index is 1.41. The van der Waals surface area contributed by atoms with Gasteiger partial charge in [0.05, 0.1) is 31.5 Å². The fourth-order valence-corrected chi connectivity index (χ4v) is 6.75. The number of anilines is 1. The first-order valence-electron chi connectivity index (χ1n) is 13.3. The van der Waals surface area contributed by atoms with Crippen LogP contribution < -0.4 is 20.1 Å². The number of halogens is 2. The van der Waals surface area contributed by atoms with E-state index in [9.17, 15) is 0 Å². The molecule has 7 nitrogen and oxygen atoms in total. The zero-order valence-corrected chi connectivity index (χ0v) is 22.5. The van der Waals surface area contributed by atoms with E-state index in [0.29, 0.717) is 12.2 Å². The maximum Gasteiger partial charge on any atom is 0.191 e. The van der Waals surface area contributed by atoms with Gasteiger partial charge in [-0.05, 0) is 69.8 Å². The number of likely N-dealkylation sites (N-methyl/N-ethyl adjacent to an activating group) is 1. The molecule has 4 aliphatic rings. The van der Waals surface area contributed by atoms with Crippen molar-refractivity contribution in [2.75, 3.05) is 39.3 Å². The van der Waals surface area contributed by atoms with E-state index in [2.05, 4.69) is 18.0 Å². The number of methoxy groups -OCH3 is 2. The Kier molecular flexibility index (Phi) is 5.90. The van der Waals surface area contributed by atoms with Gasteiger partial charge in [0.1, 0.15) is 5.69 Å². The van der Waals surface area contributed by atoms with Gasteiger partial charge < -0.3 is 25.0 Å². The van der Waals surface area contributed by atoms with Crippen molar-refractivity contribution in [1.29, 1.82) is 0 Å². The molecular formula is C29H35F2N5O2. The molecule has 0 bridgehead atoms. The summed E-state index contributed by atoms with van der Waals surface area (Å²) in [5.41, 5.74) is 10.2. The molecule has 2 aliphatic carbocycles. The van der Waals surface area contributed by atoms with Crippen LogP contribution in [0.2, 0.25) is 0 Å². The van der Waals surface area contributed by atoms with Crippen LogP contribution in [0.25, 0.3) is 5.57 Å². The van der Waals surface area contributed by atoms with Crippen LogP contribution in [0, 0.1) is 11.6 Å². The molecule has 2 saturated carbocycles. The average Bonchev–Trinajstić information content (AvgIpc) is 3.81. The van der Waals surface area contributed by atoms with Crippen LogP contribution in [-0.4, -0.2) is 62.0 Å². The van der Waals surface area contributed by atoms with Crippen molar-refractivity contribution in [3.63, 3.8) is 0 Å². The Morgan fingerprint density at radius 1 is 1.13 bits per heavy atom. The summed E-state index contributed by atoms with van der Waals surface area (Å²) in [7, 11) is 4.87. The summed E-state index contributed by atoms with van der Waals surface area (Å²) in [6.07, 6.45) is 8.44. The highest BCUT2D eigenvalue weighted by molar-refractivity contribution is 6.10. The predicted molar refractivity (Wildman–Crippen MR) is 144 cm³/mol. The smallest absolute Gasteiger partial charge is 0.191 e. The first-order valence-corrected chi connectivity index (χ1v) is 13.3. The van der Waals surface area contributed by atoms with E-state index >= 15 is 8.78 Å². The monoisotopic (exact) mass is 523 g/mol. The van der Waals surface area contributed by atoms with Gasteiger partial charge in [-0.15, -0.1) is 0 Å². The van der Waals surface area contributed by atoms with Gasteiger partial charge in [-0.2, -0.15) is 0 Å². The lowest BCUT2D eigenvalue weighted by molar-refractivity contribution is 0.350. The van der Waals surface area contributed by atoms with Crippen molar-refractivity contribution in [3.05, 3.63) is 52.5 Å². The zero-order valence-electron chi connectivity index (χ0n) is 22.5. The second kappa shape index (κ2) is 8.93. The third-order valence-electron chi connectivity index (χ3n) is 9.01. The van der Waals surface area contributed by atoms with Crippen LogP contribution in [0.5, 0.6) is 11.5 Å². The molecule has 3 heterocycles. The van der Waals surface area contributed by atoms with Crippen molar-refractivity contribution < 1.29 is 18.3 Å². The minimum absolute atomic E-state index is 0.0286. The molecule has 202 valence electrons. The summed E-state index contributed by atoms with van der Waals surface area (Å²) in [6.45, 7) is 4.22. The number of pyridine rings is 1. The van der Waals surface area contributed by atoms with Gasteiger partial charge in [-0.3, -0.25) is 9.98 Å². The summed E-state index contributed by atoms with van der Waals surface area (Å²) >= 11 is 0. The van der Waals surface area contributed by atoms with Gasteiger partial charge in [-0.25, -0.2) is 8.78 Å². The SMILES string of the molecule is COc1cc(OC)c(F)c(N2Cc3cnc(C(C=NC4CCN(C)C4)=C(C)N)cc3C3(CC3)C23CC3)c1F. The minimum Gasteiger partial charge on any atom is -0.493 e. The fourth-order valence-electron chi connectivity index (χ4n) is 6.75. The third-order valence-corrected chi connectivity index (χ3v) is 9.01. The lowest BCUT2D eigenvalue weighted by Crippen LogP contribution is -2.51. The number of ether oxygens (including phenoxy) is 2. The standard InChI is InChI=1S/C29H35F2N5O2/c1-17(32)20(14-33-19-5-10-35(2)16-19)22-11-21-18(13-34-22)15-36(29(8-9-29)28(21)6-7-28)27-25(30)23(37-3)12-24(38-4)26(27)31/h11-14,19H,5-10,15-16,32H2,1-4H3. The van der Waals surface area contributed by atoms with Gasteiger partial charge >= 0.3 is 0 Å². The first kappa shape index (κ1) is 25.1. The summed E-state index contributed by atoms with van der Waals surface area (Å²) < 4.78 is 41.7. The number of aliphatic imine (C=N–C) groups is 1. The molecule has 2 spiro atoms. The van der Waals surface area contributed by atoms with Crippen LogP contribution in [0.4, 0.5) is 14.5 Å². The molecule has 1 aromatic carbocycles. The second-order valence-electron chi connectivity index (χ2n) is 11.3. The van der Waals surface area contributed by atoms with Crippen LogP contribution in [0.3, 0.4) is 0 Å². The van der Waals surface area contributed by atoms with Crippen molar-refractivity contribution >= 4 is 17.5 Å². The molecule has 1 aromatic heterocycles. The molecule has 2 aliphatic heterocycles. The first-order chi connectivity index (χ1) is 18.2. The summed E-state index contributed by atoms with van der Waals surface area (Å²) in [5, 5.41) is 0. The maximum absolute atomic E-state index is 15.6. The van der Waals surface area contributed by atoms with Gasteiger partial charge in [0, 0.05) is 48.3 Å². The Labute approximate surface area is 222 Å². The number of rotatable bonds is 6. The van der Waals surface area contributed by atoms with E-state index in [1.54, 1.807) is 0 Å². The summed E-state index contributed by atoms with van der Waals surface area (Å²) in [6, 6.07) is 3.67. The maximum atomic E-state index is 15.6. The number of hydrogen-bond acceptors (Lipinski definition) is 7. The molecule has 0 radical (unpaired) electrons. The Morgan fingerprint density at radius 3 is 2.34 bits per heavy atom. The molecule has 2 aromatic rings. The van der Waals surface area contributed by atoms with Crippen molar-refractivity contribution in [2.45, 2.75) is 62.6 Å². The van der Waals surface area contributed by atoms with Gasteiger partial charge in [0.15, 0.2) is 23.1 Å². The second-order valence-corrected chi connectivity index (χ2v) is 11.3. The molecule has 38 heavy (non-hydrogen) atoms. The van der Waals surface area contributed by atoms with Crippen LogP contribution in [-0.2, 0) is 12.0 Å². The number of nitrogens with zero attached hydrogens (tertiary/aromatic N) is 4. The van der Waals surface area contributed by atoms with Crippen LogP contribution >= 0.6 is 0 Å². The highest BCUT2D eigenvalue weighted by Crippen LogP contribution is 2.71. The largest absolute Gasteiger partial charge is 0.493 e. The molecule has 0 amide bonds. The van der Waals surface area contributed by atoms with Gasteiger partial charge in [0.2, 0.25) is 0 Å². The minimum atomic E-state index is -0.696. The third kappa shape index (κ3) is 3.69. The Bertz CT molecular complexity index is 1320. The highest BCUT2D eigenvalue weighted by Gasteiger charge is 2.71. The Hall–Kier alpha value is -3.20. The molecule has 1 saturated heterocycles. The summed E-state index contributed by atoms with van der Waals surface area (Å²) in [5.74, 6) is -1.45. The van der Waals surface area contributed by atoms with Crippen LogP contribution in [0.1, 0.15) is 55.8 Å². The molecule has 1 unspecified atom stereocenters. The lowest BCUT2D eigenvalue weighted by atomic mass is 9.77. The molecule has 9 heteroatoms. The van der Waals surface area contributed by atoms with E-state index in [4.69, 9.17) is 25.2 Å². The van der Waals surface area contributed by atoms with E-state index < -0.39 is 11.6 Å². The number of hydrogen-bond donors (Lipinski definition) is 1. The molecule has 1 atom stereocenters. The van der Waals surface area contributed by atoms with Crippen molar-refractivity contribution in [3.8, 4) is 11.5 Å². The van der Waals surface area contributed by atoms with E-state index in [0.717, 1.165) is 62.0 Å². The number of fused-ring (bicyclic) bond motifs is 3. The summed E-state index contributed by atoms with van der Waals surface area (Å²) in [4.78, 5) is 13.8. The quantitative estimate of drug-likeness (QED) is 0.565. The van der Waals surface area contributed by atoms with Gasteiger partial charge in [0.25, 0.3) is 0 Å². The predicted octanol–water partition coefficient (Wildman–Crippen LogP) is 4.43. The lowest BCUT2D eigenvalue weighted by Gasteiger charge is -2.46. The Morgan fingerprint density at radius 2 is 1.82 bits per heavy atom. The number of nitrogens with two attached hydrogens (primary N) is 1. The van der Waals surface area contributed by atoms with Gasteiger partial charge in [-0.1, -0.05) is 0 Å². The van der Waals surface area contributed by atoms with E-state index in [1.165, 1.54) is 25.8 Å². The normalized spacial score (nSPS) is 23.6. The van der Waals surface area contributed by atoms with Crippen molar-refractivity contribution in [1.82, 2.24) is 9.88 Å². The highest BCUT2D eigenvalue weighted by atomic mass is 19.1. The molecular weight excluding hydrogens is 488 g/mol. The molecule has 3 fully saturated rings. The fraction of sp³-hybridized carbons (Fsp3) is 0.517. The van der Waals surface area contributed by atoms with E-state index in [-0.39, 0.29) is 34.2 Å². The zero-order chi connectivity index (χ0) is 26.8. The number of aromatic nitrogens is 1. The van der Waals surface area contributed by atoms with Crippen molar-refractivity contribution in [2.24, 2.45) is 10.7 Å². The average molecular weight is 524 g/mol. The number of likely N-dealkylation sites (tertiary alicyclic amines) is 1. The van der Waals surface area contributed by atoms with E-state index in [1.807, 2.05) is 24.2 Å². The van der Waals surface area contributed by atoms with Crippen LogP contribution in [0.15, 0.2) is 29.0 Å². The molecule has 2 N–H and O–H groups in total.